The van der Waals surface area contributed by atoms with Gasteiger partial charge in [-0.25, -0.2) is 0 Å². The predicted molar refractivity (Wildman–Crippen MR) is 64.7 cm³/mol. The maximum Gasteiger partial charge on any atom is 0.338 e. The highest BCUT2D eigenvalue weighted by Gasteiger charge is 2.22. The Balaban J connectivity index is 2.92. The van der Waals surface area contributed by atoms with Gasteiger partial charge in [0.05, 0.1) is 9.80 Å². The zero-order valence-electron chi connectivity index (χ0n) is 8.94. The number of halogens is 1. The lowest BCUT2D eigenvalue weighted by molar-refractivity contribution is -0.381. The van der Waals surface area contributed by atoms with E-state index in [4.69, 9.17) is 9.47 Å². The zero-order chi connectivity index (χ0) is 12.1. The summed E-state index contributed by atoms with van der Waals surface area (Å²) in [5, 5.41) is 10.7. The van der Waals surface area contributed by atoms with Crippen LogP contribution in [0.2, 0.25) is 0 Å². The van der Waals surface area contributed by atoms with Crippen LogP contribution in [-0.4, -0.2) is 18.1 Å². The van der Waals surface area contributed by atoms with Gasteiger partial charge in [-0.3, -0.25) is 10.1 Å². The van der Waals surface area contributed by atoms with E-state index in [1.807, 2.05) is 13.8 Å². The van der Waals surface area contributed by atoms with Crippen molar-refractivity contribution in [2.45, 2.75) is 20.1 Å². The van der Waals surface area contributed by atoms with Gasteiger partial charge in [-0.2, -0.15) is 0 Å². The van der Waals surface area contributed by atoms with E-state index >= 15 is 0 Å². The van der Waals surface area contributed by atoms with Crippen LogP contribution in [0.15, 0.2) is 10.5 Å². The van der Waals surface area contributed by atoms with Gasteiger partial charge in [0.25, 0.3) is 0 Å². The van der Waals surface area contributed by atoms with Gasteiger partial charge in [-0.05, 0) is 35.8 Å². The molecule has 1 heterocycles. The number of thiophene rings is 1. The molecule has 0 spiro atoms. The van der Waals surface area contributed by atoms with Crippen molar-refractivity contribution >= 4 is 32.3 Å². The normalized spacial score (nSPS) is 11.0. The van der Waals surface area contributed by atoms with Crippen molar-refractivity contribution < 1.29 is 14.4 Å². The molecule has 90 valence electrons. The molecule has 0 aliphatic carbocycles. The van der Waals surface area contributed by atoms with E-state index in [0.717, 1.165) is 11.3 Å². The summed E-state index contributed by atoms with van der Waals surface area (Å²) < 4.78 is 11.2. The number of nitro groups is 1. The number of rotatable bonds is 6. The van der Waals surface area contributed by atoms with E-state index in [2.05, 4.69) is 15.9 Å². The molecule has 0 fully saturated rings. The maximum atomic E-state index is 10.7. The molecule has 0 radical (unpaired) electrons. The molecule has 0 amide bonds. The summed E-state index contributed by atoms with van der Waals surface area (Å²) >= 11 is 4.21. The topological polar surface area (TPSA) is 61.6 Å². The lowest BCUT2D eigenvalue weighted by Gasteiger charge is -2.14. The quantitative estimate of drug-likeness (QED) is 0.458. The predicted octanol–water partition coefficient (Wildman–Crippen LogP) is 3.49. The Kier molecular flexibility index (Phi) is 5.33. The van der Waals surface area contributed by atoms with Crippen LogP contribution < -0.4 is 0 Å². The van der Waals surface area contributed by atoms with Gasteiger partial charge in [0.2, 0.25) is 0 Å². The second-order valence-corrected chi connectivity index (χ2v) is 4.72. The minimum absolute atomic E-state index is 0.0689. The third kappa shape index (κ3) is 3.24. The van der Waals surface area contributed by atoms with E-state index in [1.54, 1.807) is 6.07 Å². The first-order valence-electron chi connectivity index (χ1n) is 4.76. The van der Waals surface area contributed by atoms with Crippen LogP contribution in [0.5, 0.6) is 0 Å². The van der Waals surface area contributed by atoms with Crippen LogP contribution >= 0.6 is 27.3 Å². The smallest absolute Gasteiger partial charge is 0.338 e. The van der Waals surface area contributed by atoms with Crippen LogP contribution in [-0.2, 0) is 9.47 Å². The van der Waals surface area contributed by atoms with E-state index in [-0.39, 0.29) is 5.00 Å². The lowest BCUT2D eigenvalue weighted by Crippen LogP contribution is -2.06. The Morgan fingerprint density at radius 1 is 1.50 bits per heavy atom. The Morgan fingerprint density at radius 3 is 2.44 bits per heavy atom. The SMILES string of the molecule is CCOC(OCC)c1cc(Br)c([N+](=O)[O-])s1. The summed E-state index contributed by atoms with van der Waals surface area (Å²) in [7, 11) is 0. The van der Waals surface area contributed by atoms with Crippen LogP contribution in [0, 0.1) is 10.1 Å². The molecule has 0 bridgehead atoms. The highest BCUT2D eigenvalue weighted by Crippen LogP contribution is 2.38. The molecule has 0 saturated heterocycles. The first-order chi connectivity index (χ1) is 7.60. The highest BCUT2D eigenvalue weighted by atomic mass is 79.9. The monoisotopic (exact) mass is 309 g/mol. The van der Waals surface area contributed by atoms with Gasteiger partial charge >= 0.3 is 5.00 Å². The van der Waals surface area contributed by atoms with Gasteiger partial charge < -0.3 is 9.47 Å². The van der Waals surface area contributed by atoms with Gasteiger partial charge in [0.1, 0.15) is 4.47 Å². The fraction of sp³-hybridized carbons (Fsp3) is 0.556. The average molecular weight is 310 g/mol. The van der Waals surface area contributed by atoms with Crippen molar-refractivity contribution in [1.29, 1.82) is 0 Å². The largest absolute Gasteiger partial charge is 0.348 e. The fourth-order valence-electron chi connectivity index (χ4n) is 1.13. The molecule has 0 aromatic carbocycles. The summed E-state index contributed by atoms with van der Waals surface area (Å²) in [5.41, 5.74) is 0. The van der Waals surface area contributed by atoms with Crippen molar-refractivity contribution in [2.75, 3.05) is 13.2 Å². The minimum Gasteiger partial charge on any atom is -0.348 e. The highest BCUT2D eigenvalue weighted by molar-refractivity contribution is 9.10. The molecule has 0 aliphatic heterocycles. The standard InChI is InChI=1S/C9H12BrNO4S/c1-3-14-9(15-4-2)7-5-6(10)8(16-7)11(12)13/h5,9H,3-4H2,1-2H3. The third-order valence-corrected chi connectivity index (χ3v) is 3.70. The van der Waals surface area contributed by atoms with Crippen molar-refractivity contribution in [3.63, 3.8) is 0 Å². The molecular weight excluding hydrogens is 298 g/mol. The zero-order valence-corrected chi connectivity index (χ0v) is 11.3. The van der Waals surface area contributed by atoms with Crippen molar-refractivity contribution in [2.24, 2.45) is 0 Å². The molecule has 0 saturated carbocycles. The Hall–Kier alpha value is -0.500. The summed E-state index contributed by atoms with van der Waals surface area (Å²) in [5.74, 6) is 0. The Morgan fingerprint density at radius 2 is 2.06 bits per heavy atom. The number of hydrogen-bond donors (Lipinski definition) is 0. The molecule has 7 heteroatoms. The number of ether oxygens (including phenoxy) is 2. The third-order valence-electron chi connectivity index (χ3n) is 1.72. The molecule has 0 N–H and O–H groups in total. The fourth-order valence-corrected chi connectivity index (χ4v) is 2.78. The van der Waals surface area contributed by atoms with Gasteiger partial charge in [-0.15, -0.1) is 0 Å². The van der Waals surface area contributed by atoms with E-state index < -0.39 is 11.2 Å². The minimum atomic E-state index is -0.523. The van der Waals surface area contributed by atoms with E-state index in [1.165, 1.54) is 0 Å². The molecule has 1 rings (SSSR count). The number of nitrogens with zero attached hydrogens (tertiary/aromatic N) is 1. The van der Waals surface area contributed by atoms with Crippen LogP contribution in [0.1, 0.15) is 25.0 Å². The lowest BCUT2D eigenvalue weighted by atomic mass is 10.4. The number of hydrogen-bond acceptors (Lipinski definition) is 5. The second-order valence-electron chi connectivity index (χ2n) is 2.80. The van der Waals surface area contributed by atoms with Crippen LogP contribution in [0.25, 0.3) is 0 Å². The first kappa shape index (κ1) is 13.6. The van der Waals surface area contributed by atoms with Crippen molar-refractivity contribution in [1.82, 2.24) is 0 Å². The molecule has 5 nitrogen and oxygen atoms in total. The summed E-state index contributed by atoms with van der Waals surface area (Å²) in [6.45, 7) is 4.69. The second kappa shape index (κ2) is 6.29. The summed E-state index contributed by atoms with van der Waals surface area (Å²) in [6.07, 6.45) is -0.523. The van der Waals surface area contributed by atoms with Crippen molar-refractivity contribution in [3.8, 4) is 0 Å². The molecule has 1 aromatic rings. The van der Waals surface area contributed by atoms with Gasteiger partial charge in [0.15, 0.2) is 6.29 Å². The van der Waals surface area contributed by atoms with Gasteiger partial charge in [0, 0.05) is 13.2 Å². The summed E-state index contributed by atoms with van der Waals surface area (Å²) in [4.78, 5) is 11.0. The first-order valence-corrected chi connectivity index (χ1v) is 6.37. The summed E-state index contributed by atoms with van der Waals surface area (Å²) in [6, 6.07) is 1.67. The van der Waals surface area contributed by atoms with Gasteiger partial charge in [-0.1, -0.05) is 11.3 Å². The average Bonchev–Trinajstić information content (AvgIpc) is 2.60. The van der Waals surface area contributed by atoms with Crippen molar-refractivity contribution in [3.05, 3.63) is 25.5 Å². The van der Waals surface area contributed by atoms with E-state index in [0.29, 0.717) is 22.6 Å². The molecule has 0 atom stereocenters. The van der Waals surface area contributed by atoms with Crippen LogP contribution in [0.4, 0.5) is 5.00 Å². The Labute approximate surface area is 106 Å². The maximum absolute atomic E-state index is 10.7. The molecule has 0 unspecified atom stereocenters. The van der Waals surface area contributed by atoms with Crippen LogP contribution in [0.3, 0.4) is 0 Å². The van der Waals surface area contributed by atoms with E-state index in [9.17, 15) is 10.1 Å². The molecule has 0 aliphatic rings. The molecule has 16 heavy (non-hydrogen) atoms. The Bertz CT molecular complexity index is 362. The molecular formula is C9H12BrNO4S. The molecule has 1 aromatic heterocycles.